The van der Waals surface area contributed by atoms with Gasteiger partial charge in [-0.1, -0.05) is 90.7 Å². The summed E-state index contributed by atoms with van der Waals surface area (Å²) in [7, 11) is 0. The molecule has 0 aliphatic rings. The van der Waals surface area contributed by atoms with Gasteiger partial charge in [0.05, 0.1) is 6.10 Å². The zero-order valence-corrected chi connectivity index (χ0v) is 17.6. The molecule has 0 amide bonds. The monoisotopic (exact) mass is 359 g/mol. The van der Waals surface area contributed by atoms with Gasteiger partial charge < -0.3 is 4.74 Å². The van der Waals surface area contributed by atoms with Crippen LogP contribution in [0.5, 0.6) is 5.75 Å². The summed E-state index contributed by atoms with van der Waals surface area (Å²) < 4.78 is 6.31. The largest absolute Gasteiger partial charge is 0.490 e. The number of benzene rings is 1. The molecule has 0 N–H and O–H groups in total. The normalized spacial score (nSPS) is 12.3. The molecule has 0 saturated heterocycles. The van der Waals surface area contributed by atoms with Gasteiger partial charge in [0.15, 0.2) is 0 Å². The van der Waals surface area contributed by atoms with Crippen LogP contribution in [0.4, 0.5) is 0 Å². The summed E-state index contributed by atoms with van der Waals surface area (Å²) in [5.74, 6) is 1.04. The number of unbranched alkanes of at least 4 members (excludes halogenated alkanes) is 9. The second-order valence-corrected chi connectivity index (χ2v) is 7.75. The summed E-state index contributed by atoms with van der Waals surface area (Å²) in [6.07, 6.45) is 19.6. The molecule has 0 bridgehead atoms. The second-order valence-electron chi connectivity index (χ2n) is 7.75. The van der Waals surface area contributed by atoms with Gasteiger partial charge in [-0.25, -0.2) is 0 Å². The first-order valence-corrected chi connectivity index (χ1v) is 11.3. The lowest BCUT2D eigenvalue weighted by atomic mass is 10.0. The lowest BCUT2D eigenvalue weighted by molar-refractivity contribution is 0.174. The first-order chi connectivity index (χ1) is 12.8. The van der Waals surface area contributed by atoms with Crippen LogP contribution >= 0.6 is 0 Å². The third-order valence-corrected chi connectivity index (χ3v) is 5.20. The second kappa shape index (κ2) is 16.2. The molecule has 0 aliphatic carbocycles. The van der Waals surface area contributed by atoms with Crippen molar-refractivity contribution in [3.63, 3.8) is 0 Å². The van der Waals surface area contributed by atoms with Gasteiger partial charge in [-0.15, -0.1) is 0 Å². The van der Waals surface area contributed by atoms with E-state index in [0.717, 1.165) is 25.0 Å². The van der Waals surface area contributed by atoms with Crippen LogP contribution in [0.3, 0.4) is 0 Å². The van der Waals surface area contributed by atoms with E-state index in [1.165, 1.54) is 82.6 Å². The lowest BCUT2D eigenvalue weighted by Crippen LogP contribution is -2.16. The van der Waals surface area contributed by atoms with Crippen molar-refractivity contribution in [1.82, 2.24) is 0 Å². The number of rotatable bonds is 17. The highest BCUT2D eigenvalue weighted by molar-refractivity contribution is 5.27. The summed E-state index contributed by atoms with van der Waals surface area (Å²) in [6.45, 7) is 8.52. The molecule has 1 heteroatoms. The van der Waals surface area contributed by atoms with Crippen LogP contribution in [0.15, 0.2) is 24.3 Å². The van der Waals surface area contributed by atoms with E-state index in [0.29, 0.717) is 6.10 Å². The highest BCUT2D eigenvalue weighted by Gasteiger charge is 2.10. The highest BCUT2D eigenvalue weighted by atomic mass is 16.5. The smallest absolute Gasteiger partial charge is 0.119 e. The lowest BCUT2D eigenvalue weighted by Gasteiger charge is -2.19. The Balaban J connectivity index is 2.29. The number of hydrogen-bond acceptors (Lipinski definition) is 1. The molecule has 1 nitrogen and oxygen atoms in total. The summed E-state index contributed by atoms with van der Waals surface area (Å²) in [4.78, 5) is 0. The van der Waals surface area contributed by atoms with Gasteiger partial charge in [-0.2, -0.15) is 0 Å². The standard InChI is InChI=1S/C25H43O/c1-4-7-10-11-12-13-14-15-18-24(17-9-6-3)26-25-21-19-23(20-22-25)16-8-5-2/h19-22,24H,3-18H2,1-2H3. The minimum Gasteiger partial charge on any atom is -0.490 e. The maximum atomic E-state index is 6.31. The zero-order chi connectivity index (χ0) is 18.9. The quantitative estimate of drug-likeness (QED) is 0.254. The number of aryl methyl sites for hydroxylation is 1. The topological polar surface area (TPSA) is 9.23 Å². The molecule has 149 valence electrons. The van der Waals surface area contributed by atoms with E-state index in [-0.39, 0.29) is 0 Å². The van der Waals surface area contributed by atoms with Crippen molar-refractivity contribution in [3.05, 3.63) is 36.8 Å². The molecule has 26 heavy (non-hydrogen) atoms. The van der Waals surface area contributed by atoms with Gasteiger partial charge in [-0.3, -0.25) is 0 Å². The molecule has 1 aromatic rings. The zero-order valence-electron chi connectivity index (χ0n) is 17.6. The van der Waals surface area contributed by atoms with E-state index in [2.05, 4.69) is 45.0 Å². The van der Waals surface area contributed by atoms with Crippen molar-refractivity contribution >= 4 is 0 Å². The Morgan fingerprint density at radius 3 is 1.92 bits per heavy atom. The molecule has 0 aliphatic heterocycles. The molecule has 1 atom stereocenters. The van der Waals surface area contributed by atoms with E-state index in [1.807, 2.05) is 0 Å². The van der Waals surface area contributed by atoms with Gasteiger partial charge in [0, 0.05) is 0 Å². The van der Waals surface area contributed by atoms with Crippen LogP contribution in [-0.2, 0) is 6.42 Å². The Morgan fingerprint density at radius 1 is 0.731 bits per heavy atom. The maximum absolute atomic E-state index is 6.31. The molecule has 0 spiro atoms. The minimum atomic E-state index is 0.360. The molecular weight excluding hydrogens is 316 g/mol. The first-order valence-electron chi connectivity index (χ1n) is 11.3. The van der Waals surface area contributed by atoms with Gasteiger partial charge >= 0.3 is 0 Å². The Morgan fingerprint density at radius 2 is 1.31 bits per heavy atom. The van der Waals surface area contributed by atoms with Gasteiger partial charge in [0.25, 0.3) is 0 Å². The van der Waals surface area contributed by atoms with E-state index in [1.54, 1.807) is 0 Å². The van der Waals surface area contributed by atoms with Crippen molar-refractivity contribution in [3.8, 4) is 5.75 Å². The van der Waals surface area contributed by atoms with Crippen LogP contribution in [0.2, 0.25) is 0 Å². The van der Waals surface area contributed by atoms with Crippen LogP contribution in [0.25, 0.3) is 0 Å². The molecule has 0 fully saturated rings. The minimum absolute atomic E-state index is 0.360. The van der Waals surface area contributed by atoms with Crippen LogP contribution < -0.4 is 4.74 Å². The predicted molar refractivity (Wildman–Crippen MR) is 116 cm³/mol. The van der Waals surface area contributed by atoms with E-state index >= 15 is 0 Å². The predicted octanol–water partition coefficient (Wildman–Crippen LogP) is 8.31. The molecule has 1 rings (SSSR count). The number of ether oxygens (including phenoxy) is 1. The molecule has 0 aromatic heterocycles. The van der Waals surface area contributed by atoms with Gasteiger partial charge in [0.2, 0.25) is 0 Å². The summed E-state index contributed by atoms with van der Waals surface area (Å²) in [6, 6.07) is 8.80. The maximum Gasteiger partial charge on any atom is 0.119 e. The molecule has 0 heterocycles. The molecule has 1 unspecified atom stereocenters. The Bertz CT molecular complexity index is 409. The highest BCUT2D eigenvalue weighted by Crippen LogP contribution is 2.21. The van der Waals surface area contributed by atoms with Crippen molar-refractivity contribution in [2.24, 2.45) is 0 Å². The third kappa shape index (κ3) is 11.6. The molecule has 1 radical (unpaired) electrons. The van der Waals surface area contributed by atoms with Crippen LogP contribution in [0, 0.1) is 6.92 Å². The average Bonchev–Trinajstić information content (AvgIpc) is 2.67. The fraction of sp³-hybridized carbons (Fsp3) is 0.720. The molecule has 1 aromatic carbocycles. The molecular formula is C25H43O. The van der Waals surface area contributed by atoms with Crippen molar-refractivity contribution < 1.29 is 4.74 Å². The summed E-state index contributed by atoms with van der Waals surface area (Å²) in [5, 5.41) is 0. The Kier molecular flexibility index (Phi) is 14.4. The van der Waals surface area contributed by atoms with Gasteiger partial charge in [0.1, 0.15) is 5.75 Å². The van der Waals surface area contributed by atoms with E-state index in [9.17, 15) is 0 Å². The van der Waals surface area contributed by atoms with Crippen molar-refractivity contribution in [2.45, 2.75) is 116 Å². The van der Waals surface area contributed by atoms with Crippen LogP contribution in [0.1, 0.15) is 109 Å². The van der Waals surface area contributed by atoms with Crippen molar-refractivity contribution in [1.29, 1.82) is 0 Å². The third-order valence-electron chi connectivity index (χ3n) is 5.20. The summed E-state index contributed by atoms with van der Waals surface area (Å²) in [5.41, 5.74) is 1.43. The SMILES string of the molecule is [CH2]CCCC(CCCCCCCCCC)Oc1ccc(CCCC)cc1. The fourth-order valence-electron chi connectivity index (χ4n) is 3.45. The fourth-order valence-corrected chi connectivity index (χ4v) is 3.45. The van der Waals surface area contributed by atoms with E-state index in [4.69, 9.17) is 4.74 Å². The van der Waals surface area contributed by atoms with E-state index < -0.39 is 0 Å². The first kappa shape index (κ1) is 23.1. The van der Waals surface area contributed by atoms with Gasteiger partial charge in [-0.05, 0) is 56.2 Å². The molecule has 0 saturated carbocycles. The summed E-state index contributed by atoms with van der Waals surface area (Å²) >= 11 is 0. The number of hydrogen-bond donors (Lipinski definition) is 0. The Hall–Kier alpha value is -0.980. The average molecular weight is 360 g/mol. The van der Waals surface area contributed by atoms with Crippen molar-refractivity contribution in [2.75, 3.05) is 0 Å². The van der Waals surface area contributed by atoms with Crippen LogP contribution in [-0.4, -0.2) is 6.10 Å². The Labute approximate surface area is 163 Å².